The Hall–Kier alpha value is -3.88. The highest BCUT2D eigenvalue weighted by Gasteiger charge is 2.20. The Morgan fingerprint density at radius 2 is 1.72 bits per heavy atom. The summed E-state index contributed by atoms with van der Waals surface area (Å²) in [6.07, 6.45) is 4.76. The van der Waals surface area contributed by atoms with Crippen LogP contribution < -0.4 is 10.6 Å². The number of halogens is 3. The largest absolute Gasteiger partial charge is 0.403 e. The summed E-state index contributed by atoms with van der Waals surface area (Å²) in [6.45, 7) is 2.41. The van der Waals surface area contributed by atoms with Crippen molar-refractivity contribution in [1.82, 2.24) is 15.2 Å². The molecule has 164 valence electrons. The van der Waals surface area contributed by atoms with Crippen LogP contribution in [0.3, 0.4) is 0 Å². The molecule has 4 rings (SSSR count). The summed E-state index contributed by atoms with van der Waals surface area (Å²) in [5.74, 6) is -2.88. The van der Waals surface area contributed by atoms with E-state index in [0.29, 0.717) is 19.4 Å². The fourth-order valence-corrected chi connectivity index (χ4v) is 3.13. The van der Waals surface area contributed by atoms with Gasteiger partial charge in [-0.25, -0.2) is 13.2 Å². The van der Waals surface area contributed by atoms with Crippen molar-refractivity contribution in [3.63, 3.8) is 0 Å². The Kier molecular flexibility index (Phi) is 6.34. The first-order valence-corrected chi connectivity index (χ1v) is 10.0. The maximum atomic E-state index is 14.6. The minimum absolute atomic E-state index is 0.00293. The normalized spacial score (nSPS) is 10.9. The highest BCUT2D eigenvalue weighted by Crippen LogP contribution is 2.34. The number of nitrogens with one attached hydrogen (secondary N) is 2. The average molecular weight is 439 g/mol. The van der Waals surface area contributed by atoms with Gasteiger partial charge in [0.05, 0.1) is 16.9 Å². The molecule has 0 amide bonds. The van der Waals surface area contributed by atoms with Gasteiger partial charge in [-0.2, -0.15) is 0 Å². The van der Waals surface area contributed by atoms with Gasteiger partial charge in [0.1, 0.15) is 5.82 Å². The van der Waals surface area contributed by atoms with E-state index in [9.17, 15) is 13.2 Å². The van der Waals surface area contributed by atoms with Crippen molar-refractivity contribution in [2.75, 3.05) is 17.2 Å². The molecule has 0 aliphatic rings. The molecule has 2 aromatic carbocycles. The van der Waals surface area contributed by atoms with Gasteiger partial charge in [0.15, 0.2) is 11.6 Å². The van der Waals surface area contributed by atoms with E-state index in [0.717, 1.165) is 17.2 Å². The highest BCUT2D eigenvalue weighted by molar-refractivity contribution is 5.78. The van der Waals surface area contributed by atoms with Gasteiger partial charge in [-0.05, 0) is 60.4 Å². The van der Waals surface area contributed by atoms with E-state index < -0.39 is 17.5 Å². The molecule has 2 aromatic heterocycles. The Morgan fingerprint density at radius 3 is 2.47 bits per heavy atom. The van der Waals surface area contributed by atoms with Crippen molar-refractivity contribution >= 4 is 17.4 Å². The minimum atomic E-state index is -1.17. The number of nitrogens with zero attached hydrogens (tertiary/aromatic N) is 3. The van der Waals surface area contributed by atoms with Crippen LogP contribution in [0.25, 0.3) is 11.5 Å². The van der Waals surface area contributed by atoms with Gasteiger partial charge in [0.25, 0.3) is 5.89 Å². The maximum Gasteiger partial charge on any atom is 0.315 e. The Bertz CT molecular complexity index is 1210. The molecular formula is C23H20F3N5O. The van der Waals surface area contributed by atoms with Crippen LogP contribution in [0, 0.1) is 17.5 Å². The minimum Gasteiger partial charge on any atom is -0.403 e. The van der Waals surface area contributed by atoms with E-state index in [1.165, 1.54) is 18.2 Å². The second-order valence-electron chi connectivity index (χ2n) is 7.02. The van der Waals surface area contributed by atoms with Crippen molar-refractivity contribution in [3.05, 3.63) is 83.4 Å². The smallest absolute Gasteiger partial charge is 0.315 e. The lowest BCUT2D eigenvalue weighted by Crippen LogP contribution is -2.05. The van der Waals surface area contributed by atoms with E-state index in [-0.39, 0.29) is 28.8 Å². The molecule has 32 heavy (non-hydrogen) atoms. The molecule has 0 fully saturated rings. The summed E-state index contributed by atoms with van der Waals surface area (Å²) in [7, 11) is 0. The first kappa shape index (κ1) is 21.4. The molecule has 2 N–H and O–H groups in total. The van der Waals surface area contributed by atoms with Gasteiger partial charge in [-0.1, -0.05) is 18.1 Å². The lowest BCUT2D eigenvalue weighted by molar-refractivity contribution is 0.511. The molecule has 0 bridgehead atoms. The summed E-state index contributed by atoms with van der Waals surface area (Å²) < 4.78 is 48.6. The Labute approximate surface area is 182 Å². The summed E-state index contributed by atoms with van der Waals surface area (Å²) >= 11 is 0. The Morgan fingerprint density at radius 1 is 0.906 bits per heavy atom. The second kappa shape index (κ2) is 9.51. The summed E-state index contributed by atoms with van der Waals surface area (Å²) in [5, 5.41) is 13.4. The molecule has 4 aromatic rings. The molecule has 0 aliphatic heterocycles. The topological polar surface area (TPSA) is 75.9 Å². The quantitative estimate of drug-likeness (QED) is 0.377. The fraction of sp³-hybridized carbons (Fsp3) is 0.174. The van der Waals surface area contributed by atoms with Crippen LogP contribution in [0.2, 0.25) is 0 Å². The lowest BCUT2D eigenvalue weighted by atomic mass is 10.1. The lowest BCUT2D eigenvalue weighted by Gasteiger charge is -2.13. The molecule has 0 atom stereocenters. The second-order valence-corrected chi connectivity index (χ2v) is 7.02. The molecule has 0 radical (unpaired) electrons. The number of anilines is 3. The van der Waals surface area contributed by atoms with Crippen molar-refractivity contribution in [2.24, 2.45) is 0 Å². The van der Waals surface area contributed by atoms with Gasteiger partial charge < -0.3 is 15.1 Å². The number of hydrogen-bond acceptors (Lipinski definition) is 6. The van der Waals surface area contributed by atoms with Crippen molar-refractivity contribution < 1.29 is 17.6 Å². The van der Waals surface area contributed by atoms with Crippen molar-refractivity contribution in [1.29, 1.82) is 0 Å². The third-order valence-electron chi connectivity index (χ3n) is 4.89. The van der Waals surface area contributed by atoms with Crippen LogP contribution in [-0.4, -0.2) is 21.7 Å². The first-order valence-electron chi connectivity index (χ1n) is 10.0. The van der Waals surface area contributed by atoms with Crippen molar-refractivity contribution in [2.45, 2.75) is 19.8 Å². The summed E-state index contributed by atoms with van der Waals surface area (Å²) in [4.78, 5) is 3.97. The van der Waals surface area contributed by atoms with E-state index >= 15 is 0 Å². The summed E-state index contributed by atoms with van der Waals surface area (Å²) in [5.41, 5.74) is 1.68. The molecule has 2 heterocycles. The standard InChI is InChI=1S/C23H20F3N5O/c1-2-14-3-6-19(18(25)13-14)29-21-16(4-5-17(24)20(21)26)22-30-31-23(32-22)28-12-9-15-7-10-27-11-8-15/h3-8,10-11,13,29H,2,9,12H2,1H3,(H,28,31). The molecule has 0 aliphatic carbocycles. The monoisotopic (exact) mass is 439 g/mol. The molecule has 6 nitrogen and oxygen atoms in total. The predicted octanol–water partition coefficient (Wildman–Crippen LogP) is 5.51. The van der Waals surface area contributed by atoms with E-state index in [1.807, 2.05) is 19.1 Å². The van der Waals surface area contributed by atoms with Gasteiger partial charge >= 0.3 is 6.01 Å². The van der Waals surface area contributed by atoms with Gasteiger partial charge in [0, 0.05) is 18.9 Å². The number of pyridine rings is 1. The fourth-order valence-electron chi connectivity index (χ4n) is 3.13. The molecule has 0 saturated carbocycles. The number of hydrogen-bond donors (Lipinski definition) is 2. The number of benzene rings is 2. The number of aryl methyl sites for hydroxylation is 1. The molecule has 0 saturated heterocycles. The van der Waals surface area contributed by atoms with E-state index in [4.69, 9.17) is 4.42 Å². The van der Waals surface area contributed by atoms with Crippen LogP contribution in [0.5, 0.6) is 0 Å². The van der Waals surface area contributed by atoms with Gasteiger partial charge in [-0.3, -0.25) is 4.98 Å². The third kappa shape index (κ3) is 4.72. The first-order chi connectivity index (χ1) is 15.5. The maximum absolute atomic E-state index is 14.6. The highest BCUT2D eigenvalue weighted by atomic mass is 19.2. The zero-order valence-electron chi connectivity index (χ0n) is 17.2. The predicted molar refractivity (Wildman–Crippen MR) is 115 cm³/mol. The number of aromatic nitrogens is 3. The van der Waals surface area contributed by atoms with Crippen LogP contribution in [0.1, 0.15) is 18.1 Å². The van der Waals surface area contributed by atoms with Crippen LogP contribution in [-0.2, 0) is 12.8 Å². The molecular weight excluding hydrogens is 419 g/mol. The average Bonchev–Trinajstić information content (AvgIpc) is 3.27. The molecule has 0 spiro atoms. The van der Waals surface area contributed by atoms with E-state index in [2.05, 4.69) is 25.8 Å². The molecule has 9 heteroatoms. The van der Waals surface area contributed by atoms with Gasteiger partial charge in [-0.15, -0.1) is 5.10 Å². The third-order valence-corrected chi connectivity index (χ3v) is 4.89. The van der Waals surface area contributed by atoms with Crippen LogP contribution in [0.4, 0.5) is 30.6 Å². The Balaban J connectivity index is 1.56. The van der Waals surface area contributed by atoms with Crippen LogP contribution >= 0.6 is 0 Å². The van der Waals surface area contributed by atoms with Gasteiger partial charge in [0.2, 0.25) is 0 Å². The summed E-state index contributed by atoms with van der Waals surface area (Å²) in [6, 6.07) is 10.7. The van der Waals surface area contributed by atoms with E-state index in [1.54, 1.807) is 18.5 Å². The zero-order chi connectivity index (χ0) is 22.5. The molecule has 0 unspecified atom stereocenters. The van der Waals surface area contributed by atoms with Crippen molar-refractivity contribution in [3.8, 4) is 11.5 Å². The zero-order valence-corrected chi connectivity index (χ0v) is 17.2. The number of rotatable bonds is 8. The van der Waals surface area contributed by atoms with Crippen LogP contribution in [0.15, 0.2) is 59.3 Å². The SMILES string of the molecule is CCc1ccc(Nc2c(-c3nnc(NCCc4ccncc4)o3)ccc(F)c2F)c(F)c1.